The Hall–Kier alpha value is -0.860. The SMILES string of the molecule is CC(C)CC[C@H](c1ccc(C(C)C)cc1)N1CCNCC1. The van der Waals surface area contributed by atoms with Gasteiger partial charge in [0.1, 0.15) is 0 Å². The van der Waals surface area contributed by atoms with Gasteiger partial charge in [-0.1, -0.05) is 52.0 Å². The standard InChI is InChI=1S/C19H32N2/c1-15(2)5-10-19(21-13-11-20-12-14-21)18-8-6-17(7-9-18)16(3)4/h6-9,15-16,19-20H,5,10-14H2,1-4H3/t19-/m1/s1. The summed E-state index contributed by atoms with van der Waals surface area (Å²) in [7, 11) is 0. The molecule has 2 rings (SSSR count). The second-order valence-electron chi connectivity index (χ2n) is 7.09. The van der Waals surface area contributed by atoms with Gasteiger partial charge in [0.2, 0.25) is 0 Å². The molecule has 118 valence electrons. The number of piperazine rings is 1. The van der Waals surface area contributed by atoms with E-state index in [1.54, 1.807) is 0 Å². The molecule has 1 heterocycles. The minimum atomic E-state index is 0.593. The Kier molecular flexibility index (Phi) is 6.25. The van der Waals surface area contributed by atoms with Crippen molar-refractivity contribution < 1.29 is 0 Å². The lowest BCUT2D eigenvalue weighted by atomic mass is 9.93. The van der Waals surface area contributed by atoms with Gasteiger partial charge in [0.25, 0.3) is 0 Å². The molecule has 0 aromatic heterocycles. The Labute approximate surface area is 130 Å². The molecule has 1 aromatic rings. The predicted molar refractivity (Wildman–Crippen MR) is 91.8 cm³/mol. The lowest BCUT2D eigenvalue weighted by Gasteiger charge is -2.35. The lowest BCUT2D eigenvalue weighted by Crippen LogP contribution is -2.45. The van der Waals surface area contributed by atoms with Crippen LogP contribution in [0.4, 0.5) is 0 Å². The summed E-state index contributed by atoms with van der Waals surface area (Å²) >= 11 is 0. The zero-order valence-electron chi connectivity index (χ0n) is 14.2. The first-order chi connectivity index (χ1) is 10.1. The topological polar surface area (TPSA) is 15.3 Å². The van der Waals surface area contributed by atoms with Crippen LogP contribution in [0.5, 0.6) is 0 Å². The maximum absolute atomic E-state index is 3.47. The third-order valence-corrected chi connectivity index (χ3v) is 4.60. The van der Waals surface area contributed by atoms with Crippen LogP contribution in [0.3, 0.4) is 0 Å². The van der Waals surface area contributed by atoms with Crippen molar-refractivity contribution in [1.29, 1.82) is 0 Å². The average Bonchev–Trinajstić information content (AvgIpc) is 2.49. The molecule has 1 aliphatic heterocycles. The fourth-order valence-electron chi connectivity index (χ4n) is 3.15. The Morgan fingerprint density at radius 2 is 1.48 bits per heavy atom. The van der Waals surface area contributed by atoms with Crippen LogP contribution in [0.2, 0.25) is 0 Å². The van der Waals surface area contributed by atoms with Crippen molar-refractivity contribution in [2.75, 3.05) is 26.2 Å². The molecule has 1 aromatic carbocycles. The summed E-state index contributed by atoms with van der Waals surface area (Å²) in [5.74, 6) is 1.40. The molecule has 2 nitrogen and oxygen atoms in total. The molecule has 0 spiro atoms. The summed E-state index contributed by atoms with van der Waals surface area (Å²) in [5, 5.41) is 3.47. The Bertz CT molecular complexity index is 402. The maximum Gasteiger partial charge on any atom is 0.0349 e. The van der Waals surface area contributed by atoms with E-state index in [1.165, 1.54) is 37.1 Å². The molecule has 21 heavy (non-hydrogen) atoms. The van der Waals surface area contributed by atoms with Crippen LogP contribution in [0.15, 0.2) is 24.3 Å². The first-order valence-electron chi connectivity index (χ1n) is 8.62. The third kappa shape index (κ3) is 4.82. The second kappa shape index (κ2) is 7.95. The van der Waals surface area contributed by atoms with E-state index in [0.29, 0.717) is 12.0 Å². The molecular weight excluding hydrogens is 256 g/mol. The van der Waals surface area contributed by atoms with Crippen molar-refractivity contribution in [2.45, 2.75) is 52.5 Å². The van der Waals surface area contributed by atoms with E-state index in [-0.39, 0.29) is 0 Å². The summed E-state index contributed by atoms with van der Waals surface area (Å²) in [5.41, 5.74) is 2.95. The molecule has 1 fully saturated rings. The summed E-state index contributed by atoms with van der Waals surface area (Å²) in [6.07, 6.45) is 2.58. The molecule has 0 radical (unpaired) electrons. The Balaban J connectivity index is 2.12. The highest BCUT2D eigenvalue weighted by Gasteiger charge is 2.22. The summed E-state index contributed by atoms with van der Waals surface area (Å²) < 4.78 is 0. The highest BCUT2D eigenvalue weighted by atomic mass is 15.2. The van der Waals surface area contributed by atoms with Crippen molar-refractivity contribution in [3.8, 4) is 0 Å². The molecule has 1 aliphatic rings. The van der Waals surface area contributed by atoms with Crippen molar-refractivity contribution in [3.63, 3.8) is 0 Å². The molecule has 1 atom stereocenters. The van der Waals surface area contributed by atoms with Crippen LogP contribution >= 0.6 is 0 Å². The van der Waals surface area contributed by atoms with Crippen molar-refractivity contribution in [2.24, 2.45) is 5.92 Å². The molecule has 1 saturated heterocycles. The zero-order valence-corrected chi connectivity index (χ0v) is 14.2. The monoisotopic (exact) mass is 288 g/mol. The Morgan fingerprint density at radius 3 is 2.00 bits per heavy atom. The van der Waals surface area contributed by atoms with E-state index >= 15 is 0 Å². The van der Waals surface area contributed by atoms with Crippen LogP contribution in [0.25, 0.3) is 0 Å². The van der Waals surface area contributed by atoms with Gasteiger partial charge in [-0.05, 0) is 35.8 Å². The van der Waals surface area contributed by atoms with Gasteiger partial charge in [-0.2, -0.15) is 0 Å². The fourth-order valence-corrected chi connectivity index (χ4v) is 3.15. The predicted octanol–water partition coefficient (Wildman–Crippen LogP) is 4.19. The van der Waals surface area contributed by atoms with Crippen molar-refractivity contribution in [3.05, 3.63) is 35.4 Å². The number of nitrogens with zero attached hydrogens (tertiary/aromatic N) is 1. The first-order valence-corrected chi connectivity index (χ1v) is 8.62. The first kappa shape index (κ1) is 16.5. The number of hydrogen-bond acceptors (Lipinski definition) is 2. The second-order valence-corrected chi connectivity index (χ2v) is 7.09. The van der Waals surface area contributed by atoms with Crippen LogP contribution in [0.1, 0.15) is 63.6 Å². The van der Waals surface area contributed by atoms with E-state index in [4.69, 9.17) is 0 Å². The summed E-state index contributed by atoms with van der Waals surface area (Å²) in [4.78, 5) is 2.67. The highest BCUT2D eigenvalue weighted by molar-refractivity contribution is 5.27. The average molecular weight is 288 g/mol. The largest absolute Gasteiger partial charge is 0.314 e. The molecule has 0 unspecified atom stereocenters. The molecule has 0 aliphatic carbocycles. The van der Waals surface area contributed by atoms with E-state index in [9.17, 15) is 0 Å². The highest BCUT2D eigenvalue weighted by Crippen LogP contribution is 2.29. The van der Waals surface area contributed by atoms with Crippen LogP contribution < -0.4 is 5.32 Å². The maximum atomic E-state index is 3.47. The van der Waals surface area contributed by atoms with Gasteiger partial charge in [-0.3, -0.25) is 4.90 Å². The minimum absolute atomic E-state index is 0.593. The van der Waals surface area contributed by atoms with Gasteiger partial charge in [0, 0.05) is 32.2 Å². The zero-order chi connectivity index (χ0) is 15.2. The van der Waals surface area contributed by atoms with Gasteiger partial charge in [0.15, 0.2) is 0 Å². The van der Waals surface area contributed by atoms with Crippen molar-refractivity contribution >= 4 is 0 Å². The molecule has 0 bridgehead atoms. The summed E-state index contributed by atoms with van der Waals surface area (Å²) in [6.45, 7) is 13.8. The van der Waals surface area contributed by atoms with Gasteiger partial charge in [-0.15, -0.1) is 0 Å². The lowest BCUT2D eigenvalue weighted by molar-refractivity contribution is 0.160. The van der Waals surface area contributed by atoms with E-state index < -0.39 is 0 Å². The molecule has 0 saturated carbocycles. The Morgan fingerprint density at radius 1 is 0.905 bits per heavy atom. The van der Waals surface area contributed by atoms with Crippen LogP contribution in [-0.4, -0.2) is 31.1 Å². The van der Waals surface area contributed by atoms with Gasteiger partial charge in [0.05, 0.1) is 0 Å². The molecule has 0 amide bonds. The van der Waals surface area contributed by atoms with E-state index in [2.05, 4.69) is 62.2 Å². The minimum Gasteiger partial charge on any atom is -0.314 e. The number of rotatable bonds is 6. The normalized spacial score (nSPS) is 18.4. The molecule has 2 heteroatoms. The number of benzene rings is 1. The molecule has 1 N–H and O–H groups in total. The smallest absolute Gasteiger partial charge is 0.0349 e. The van der Waals surface area contributed by atoms with E-state index in [1.807, 2.05) is 0 Å². The van der Waals surface area contributed by atoms with Crippen molar-refractivity contribution in [1.82, 2.24) is 10.2 Å². The summed E-state index contributed by atoms with van der Waals surface area (Å²) in [6, 6.07) is 9.97. The number of nitrogens with one attached hydrogen (secondary N) is 1. The van der Waals surface area contributed by atoms with Crippen LogP contribution in [0, 0.1) is 5.92 Å². The third-order valence-electron chi connectivity index (χ3n) is 4.60. The molecular formula is C19H32N2. The quantitative estimate of drug-likeness (QED) is 0.844. The van der Waals surface area contributed by atoms with Gasteiger partial charge >= 0.3 is 0 Å². The van der Waals surface area contributed by atoms with Gasteiger partial charge < -0.3 is 5.32 Å². The van der Waals surface area contributed by atoms with Gasteiger partial charge in [-0.25, -0.2) is 0 Å². The van der Waals surface area contributed by atoms with Crippen LogP contribution in [-0.2, 0) is 0 Å². The van der Waals surface area contributed by atoms with E-state index in [0.717, 1.165) is 19.0 Å². The fraction of sp³-hybridized carbons (Fsp3) is 0.684. The number of hydrogen-bond donors (Lipinski definition) is 1.